The van der Waals surface area contributed by atoms with Crippen LogP contribution in [0.15, 0.2) is 40.3 Å². The zero-order valence-electron chi connectivity index (χ0n) is 19.9. The van der Waals surface area contributed by atoms with Crippen molar-refractivity contribution in [3.8, 4) is 0 Å². The van der Waals surface area contributed by atoms with E-state index in [1.54, 1.807) is 31.1 Å². The van der Waals surface area contributed by atoms with Crippen molar-refractivity contribution in [3.63, 3.8) is 0 Å². The van der Waals surface area contributed by atoms with E-state index in [-0.39, 0.29) is 41.7 Å². The SMILES string of the molecule is C[C@@H]1CN(c2nc(=O)n3c4c(c(Cl)c(C(F)(F)F)cc24)SC[C@H](c2ccncc2)C3)C[C@H](C)N1C(=O)O. The van der Waals surface area contributed by atoms with E-state index in [9.17, 15) is 27.9 Å². The van der Waals surface area contributed by atoms with Crippen LogP contribution in [-0.4, -0.2) is 61.6 Å². The molecular formula is C24H23ClF3N5O3S. The first-order chi connectivity index (χ1) is 17.5. The van der Waals surface area contributed by atoms with E-state index in [4.69, 9.17) is 11.6 Å². The van der Waals surface area contributed by atoms with Gasteiger partial charge in [-0.1, -0.05) is 11.6 Å². The number of nitrogens with zero attached hydrogens (tertiary/aromatic N) is 5. The number of aromatic nitrogens is 3. The lowest BCUT2D eigenvalue weighted by molar-refractivity contribution is -0.137. The molecule has 0 saturated carbocycles. The van der Waals surface area contributed by atoms with Crippen molar-refractivity contribution in [1.82, 2.24) is 19.4 Å². The molecule has 37 heavy (non-hydrogen) atoms. The second-order valence-electron chi connectivity index (χ2n) is 9.37. The molecule has 0 unspecified atom stereocenters. The lowest BCUT2D eigenvalue weighted by atomic mass is 10.0. The number of carboxylic acid groups (broad SMARTS) is 1. The van der Waals surface area contributed by atoms with Crippen molar-refractivity contribution in [2.45, 2.75) is 49.5 Å². The van der Waals surface area contributed by atoms with E-state index in [0.29, 0.717) is 11.3 Å². The summed E-state index contributed by atoms with van der Waals surface area (Å²) < 4.78 is 43.7. The van der Waals surface area contributed by atoms with Gasteiger partial charge in [0.05, 0.1) is 33.1 Å². The predicted octanol–water partition coefficient (Wildman–Crippen LogP) is 4.93. The molecule has 5 rings (SSSR count). The second kappa shape index (κ2) is 9.39. The van der Waals surface area contributed by atoms with Crippen LogP contribution in [-0.2, 0) is 12.7 Å². The number of piperazine rings is 1. The fraction of sp³-hybridized carbons (Fsp3) is 0.417. The molecule has 2 aromatic heterocycles. The van der Waals surface area contributed by atoms with Crippen molar-refractivity contribution >= 4 is 46.2 Å². The molecule has 0 aliphatic carbocycles. The van der Waals surface area contributed by atoms with Crippen molar-refractivity contribution < 1.29 is 23.1 Å². The maximum Gasteiger partial charge on any atom is 0.417 e. The minimum atomic E-state index is -4.72. The number of thioether (sulfide) groups is 1. The Labute approximate surface area is 219 Å². The number of carbonyl (C=O) groups is 1. The quantitative estimate of drug-likeness (QED) is 0.481. The third-order valence-electron chi connectivity index (χ3n) is 6.89. The summed E-state index contributed by atoms with van der Waals surface area (Å²) >= 11 is 7.55. The van der Waals surface area contributed by atoms with Gasteiger partial charge in [-0.15, -0.1) is 11.8 Å². The van der Waals surface area contributed by atoms with Crippen molar-refractivity contribution in [3.05, 3.63) is 57.2 Å². The first kappa shape index (κ1) is 25.7. The zero-order valence-corrected chi connectivity index (χ0v) is 21.4. The van der Waals surface area contributed by atoms with Crippen LogP contribution in [0.3, 0.4) is 0 Å². The standard InChI is InChI=1S/C24H23ClF3N5O3S/c1-12-8-31(9-13(2)33(12)23(35)36)21-16-7-17(24(26,27)28)18(25)20-19(16)32(22(34)30-21)10-15(11-37-20)14-3-5-29-6-4-14/h3-7,12-13,15H,8-11H2,1-2H3,(H,35,36)/t12-,13+,15-/m1/s1. The highest BCUT2D eigenvalue weighted by Crippen LogP contribution is 2.47. The first-order valence-corrected chi connectivity index (χ1v) is 13.0. The molecule has 1 N–H and O–H groups in total. The summed E-state index contributed by atoms with van der Waals surface area (Å²) in [5.41, 5.74) is -0.373. The van der Waals surface area contributed by atoms with Gasteiger partial charge in [-0.2, -0.15) is 18.2 Å². The Hall–Kier alpha value is -2.99. The topological polar surface area (TPSA) is 91.6 Å². The van der Waals surface area contributed by atoms with Crippen molar-refractivity contribution in [2.75, 3.05) is 23.7 Å². The van der Waals surface area contributed by atoms with E-state index >= 15 is 0 Å². The van der Waals surface area contributed by atoms with Gasteiger partial charge < -0.3 is 10.0 Å². The monoisotopic (exact) mass is 553 g/mol. The van der Waals surface area contributed by atoms with Crippen molar-refractivity contribution in [1.29, 1.82) is 0 Å². The van der Waals surface area contributed by atoms with Crippen LogP contribution < -0.4 is 10.6 Å². The van der Waals surface area contributed by atoms with Gasteiger partial charge in [0.15, 0.2) is 0 Å². The van der Waals surface area contributed by atoms with Gasteiger partial charge in [-0.3, -0.25) is 14.5 Å². The van der Waals surface area contributed by atoms with Crippen LogP contribution in [0.5, 0.6) is 0 Å². The van der Waals surface area contributed by atoms with Crippen LogP contribution >= 0.6 is 23.4 Å². The molecule has 0 spiro atoms. The van der Waals surface area contributed by atoms with E-state index in [1.165, 1.54) is 21.2 Å². The molecule has 1 amide bonds. The van der Waals surface area contributed by atoms with E-state index in [0.717, 1.165) is 11.6 Å². The number of benzene rings is 1. The lowest BCUT2D eigenvalue weighted by Gasteiger charge is -2.43. The van der Waals surface area contributed by atoms with Crippen LogP contribution in [0.4, 0.5) is 23.8 Å². The van der Waals surface area contributed by atoms with E-state index < -0.39 is 40.6 Å². The molecule has 2 aliphatic rings. The summed E-state index contributed by atoms with van der Waals surface area (Å²) in [4.78, 5) is 36.6. The largest absolute Gasteiger partial charge is 0.465 e. The van der Waals surface area contributed by atoms with Gasteiger partial charge in [-0.25, -0.2) is 9.59 Å². The summed E-state index contributed by atoms with van der Waals surface area (Å²) in [5.74, 6) is 0.326. The third kappa shape index (κ3) is 4.50. The number of amides is 1. The minimum absolute atomic E-state index is 0.103. The smallest absolute Gasteiger partial charge is 0.417 e. The second-order valence-corrected chi connectivity index (χ2v) is 10.8. The summed E-state index contributed by atoms with van der Waals surface area (Å²) in [6.45, 7) is 4.00. The number of rotatable bonds is 2. The fourth-order valence-corrected chi connectivity index (χ4v) is 6.96. The van der Waals surface area contributed by atoms with Gasteiger partial charge in [0.2, 0.25) is 0 Å². The Morgan fingerprint density at radius 1 is 1.16 bits per heavy atom. The summed E-state index contributed by atoms with van der Waals surface area (Å²) in [6, 6.07) is 3.68. The highest BCUT2D eigenvalue weighted by molar-refractivity contribution is 7.99. The average Bonchev–Trinajstić information content (AvgIpc) is 3.03. The fourth-order valence-electron chi connectivity index (χ4n) is 5.29. The van der Waals surface area contributed by atoms with E-state index in [2.05, 4.69) is 9.97 Å². The molecule has 196 valence electrons. The molecule has 1 saturated heterocycles. The molecular weight excluding hydrogens is 531 g/mol. The van der Waals surface area contributed by atoms with Crippen LogP contribution in [0, 0.1) is 0 Å². The normalized spacial score (nSPS) is 22.3. The van der Waals surface area contributed by atoms with Crippen molar-refractivity contribution in [2.24, 2.45) is 0 Å². The Morgan fingerprint density at radius 3 is 2.41 bits per heavy atom. The third-order valence-corrected chi connectivity index (χ3v) is 8.65. The molecule has 0 bridgehead atoms. The number of hydrogen-bond donors (Lipinski definition) is 1. The molecule has 1 fully saturated rings. The average molecular weight is 554 g/mol. The van der Waals surface area contributed by atoms with Crippen LogP contribution in [0.25, 0.3) is 10.9 Å². The van der Waals surface area contributed by atoms with Gasteiger partial charge in [0, 0.05) is 49.1 Å². The number of pyridine rings is 1. The van der Waals surface area contributed by atoms with Gasteiger partial charge in [0.25, 0.3) is 0 Å². The maximum absolute atomic E-state index is 14.1. The minimum Gasteiger partial charge on any atom is -0.465 e. The molecule has 3 aromatic rings. The highest BCUT2D eigenvalue weighted by Gasteiger charge is 2.39. The number of hydrogen-bond acceptors (Lipinski definition) is 6. The summed E-state index contributed by atoms with van der Waals surface area (Å²) in [7, 11) is 0. The number of alkyl halides is 3. The first-order valence-electron chi connectivity index (χ1n) is 11.6. The van der Waals surface area contributed by atoms with Crippen LogP contribution in [0.2, 0.25) is 5.02 Å². The predicted molar refractivity (Wildman–Crippen MR) is 135 cm³/mol. The molecule has 0 radical (unpaired) electrons. The van der Waals surface area contributed by atoms with E-state index in [1.807, 2.05) is 12.1 Å². The Kier molecular flexibility index (Phi) is 6.51. The zero-order chi connectivity index (χ0) is 26.6. The molecule has 4 heterocycles. The summed E-state index contributed by atoms with van der Waals surface area (Å²) in [6.07, 6.45) is -2.54. The summed E-state index contributed by atoms with van der Waals surface area (Å²) in [5, 5.41) is 9.29. The van der Waals surface area contributed by atoms with Gasteiger partial charge in [0.1, 0.15) is 5.82 Å². The Bertz CT molecular complexity index is 1420. The number of anilines is 1. The molecule has 1 aromatic carbocycles. The molecule has 2 aliphatic heterocycles. The molecule has 3 atom stereocenters. The maximum atomic E-state index is 14.1. The molecule has 13 heteroatoms. The molecule has 8 nitrogen and oxygen atoms in total. The highest BCUT2D eigenvalue weighted by atomic mass is 35.5. The Morgan fingerprint density at radius 2 is 1.81 bits per heavy atom. The van der Waals surface area contributed by atoms with Gasteiger partial charge in [-0.05, 0) is 37.6 Å². The lowest BCUT2D eigenvalue weighted by Crippen LogP contribution is -2.58. The van der Waals surface area contributed by atoms with Gasteiger partial charge >= 0.3 is 18.0 Å². The number of halogens is 4. The van der Waals surface area contributed by atoms with Crippen LogP contribution in [0.1, 0.15) is 30.9 Å². The Balaban J connectivity index is 1.72.